The Bertz CT molecular complexity index is 157. The van der Waals surface area contributed by atoms with Gasteiger partial charge in [-0.1, -0.05) is 0 Å². The second kappa shape index (κ2) is 1.55. The molecule has 2 heterocycles. The topological polar surface area (TPSA) is 61.3 Å². The lowest BCUT2D eigenvalue weighted by atomic mass is 9.67. The van der Waals surface area contributed by atoms with Crippen LogP contribution >= 0.6 is 0 Å². The van der Waals surface area contributed by atoms with E-state index < -0.39 is 0 Å². The van der Waals surface area contributed by atoms with Crippen molar-refractivity contribution < 1.29 is 4.74 Å². The quantitative estimate of drug-likeness (QED) is 0.523. The molecule has 0 radical (unpaired) electrons. The van der Waals surface area contributed by atoms with Crippen LogP contribution in [-0.4, -0.2) is 23.8 Å². The van der Waals surface area contributed by atoms with E-state index in [-0.39, 0.29) is 17.2 Å². The van der Waals surface area contributed by atoms with Crippen LogP contribution < -0.4 is 11.5 Å². The zero-order chi connectivity index (χ0) is 7.41. The van der Waals surface area contributed by atoms with Crippen molar-refractivity contribution in [2.75, 3.05) is 6.54 Å². The molecule has 0 amide bonds. The van der Waals surface area contributed by atoms with Gasteiger partial charge in [0.25, 0.3) is 0 Å². The number of fused-ring (bicyclic) bond motifs is 1. The predicted octanol–water partition coefficient (Wildman–Crippen LogP) is -0.406. The standard InChI is InChI=1S/C7H14N2O/c1-5-7(9)2-6(3-7,4-8)10-5/h5H,2-4,8-9H2,1H3. The maximum Gasteiger partial charge on any atom is 0.0845 e. The monoisotopic (exact) mass is 142 g/mol. The highest BCUT2D eigenvalue weighted by Crippen LogP contribution is 2.52. The molecule has 0 aromatic carbocycles. The third-order valence-corrected chi connectivity index (χ3v) is 2.91. The molecule has 1 saturated carbocycles. The minimum Gasteiger partial charge on any atom is -0.369 e. The molecule has 2 aliphatic heterocycles. The lowest BCUT2D eigenvalue weighted by Gasteiger charge is -2.41. The molecular weight excluding hydrogens is 128 g/mol. The number of ether oxygens (including phenoxy) is 1. The molecule has 4 N–H and O–H groups in total. The first-order valence-corrected chi connectivity index (χ1v) is 3.77. The Morgan fingerprint density at radius 1 is 1.60 bits per heavy atom. The van der Waals surface area contributed by atoms with Crippen LogP contribution in [0.15, 0.2) is 0 Å². The van der Waals surface area contributed by atoms with Gasteiger partial charge < -0.3 is 16.2 Å². The molecule has 3 rings (SSSR count). The lowest BCUT2D eigenvalue weighted by Crippen LogP contribution is -2.59. The van der Waals surface area contributed by atoms with Crippen molar-refractivity contribution in [2.24, 2.45) is 11.5 Å². The predicted molar refractivity (Wildman–Crippen MR) is 38.5 cm³/mol. The van der Waals surface area contributed by atoms with Gasteiger partial charge in [-0.05, 0) is 19.8 Å². The SMILES string of the molecule is CC1OC2(CN)CC1(N)C2. The van der Waals surface area contributed by atoms with Crippen LogP contribution in [0.3, 0.4) is 0 Å². The van der Waals surface area contributed by atoms with Crippen molar-refractivity contribution >= 4 is 0 Å². The molecule has 1 unspecified atom stereocenters. The van der Waals surface area contributed by atoms with Crippen LogP contribution in [0.2, 0.25) is 0 Å². The summed E-state index contributed by atoms with van der Waals surface area (Å²) in [6.07, 6.45) is 2.12. The maximum atomic E-state index is 5.97. The van der Waals surface area contributed by atoms with Crippen molar-refractivity contribution in [2.45, 2.75) is 37.0 Å². The minimum absolute atomic E-state index is 0.0336. The van der Waals surface area contributed by atoms with E-state index in [1.165, 1.54) is 0 Å². The van der Waals surface area contributed by atoms with Gasteiger partial charge >= 0.3 is 0 Å². The number of nitrogens with two attached hydrogens (primary N) is 2. The normalized spacial score (nSPS) is 58.5. The third-order valence-electron chi connectivity index (χ3n) is 2.91. The van der Waals surface area contributed by atoms with Gasteiger partial charge in [0.1, 0.15) is 0 Å². The summed E-state index contributed by atoms with van der Waals surface area (Å²) in [5.41, 5.74) is 11.4. The van der Waals surface area contributed by atoms with Crippen molar-refractivity contribution in [1.29, 1.82) is 0 Å². The third kappa shape index (κ3) is 0.557. The van der Waals surface area contributed by atoms with Gasteiger partial charge in [0, 0.05) is 12.1 Å². The Hall–Kier alpha value is -0.120. The van der Waals surface area contributed by atoms with E-state index in [1.807, 2.05) is 6.92 Å². The zero-order valence-corrected chi connectivity index (χ0v) is 6.26. The summed E-state index contributed by atoms with van der Waals surface area (Å²) in [5, 5.41) is 0. The van der Waals surface area contributed by atoms with Gasteiger partial charge in [-0.2, -0.15) is 0 Å². The van der Waals surface area contributed by atoms with Gasteiger partial charge in [-0.3, -0.25) is 0 Å². The average Bonchev–Trinajstić information content (AvgIpc) is 2.17. The molecule has 3 nitrogen and oxygen atoms in total. The Labute approximate surface area is 60.7 Å². The van der Waals surface area contributed by atoms with Crippen molar-refractivity contribution in [3.63, 3.8) is 0 Å². The maximum absolute atomic E-state index is 5.97. The van der Waals surface area contributed by atoms with E-state index in [4.69, 9.17) is 16.2 Å². The average molecular weight is 142 g/mol. The summed E-state index contributed by atoms with van der Waals surface area (Å²) in [6, 6.07) is 0. The summed E-state index contributed by atoms with van der Waals surface area (Å²) in [5.74, 6) is 0. The van der Waals surface area contributed by atoms with Crippen molar-refractivity contribution in [1.82, 2.24) is 0 Å². The van der Waals surface area contributed by atoms with E-state index in [9.17, 15) is 0 Å². The molecule has 10 heavy (non-hydrogen) atoms. The number of hydrogen-bond acceptors (Lipinski definition) is 3. The second-order valence-electron chi connectivity index (χ2n) is 3.73. The fourth-order valence-electron chi connectivity index (χ4n) is 2.20. The van der Waals surface area contributed by atoms with E-state index in [1.54, 1.807) is 0 Å². The fraction of sp³-hybridized carbons (Fsp3) is 1.00. The van der Waals surface area contributed by atoms with Gasteiger partial charge in [0.05, 0.1) is 11.7 Å². The molecule has 0 aromatic rings. The van der Waals surface area contributed by atoms with Crippen LogP contribution in [0, 0.1) is 0 Å². The molecule has 3 fully saturated rings. The molecule has 1 atom stereocenters. The van der Waals surface area contributed by atoms with Crippen LogP contribution in [0.1, 0.15) is 19.8 Å². The summed E-state index contributed by atoms with van der Waals surface area (Å²) >= 11 is 0. The summed E-state index contributed by atoms with van der Waals surface area (Å²) < 4.78 is 5.62. The van der Waals surface area contributed by atoms with Gasteiger partial charge in [-0.15, -0.1) is 0 Å². The van der Waals surface area contributed by atoms with Crippen LogP contribution in [-0.2, 0) is 4.74 Å². The summed E-state index contributed by atoms with van der Waals surface area (Å²) in [6.45, 7) is 2.65. The summed E-state index contributed by atoms with van der Waals surface area (Å²) in [4.78, 5) is 0. The molecule has 3 aliphatic rings. The second-order valence-corrected chi connectivity index (χ2v) is 3.73. The number of rotatable bonds is 1. The van der Waals surface area contributed by atoms with Crippen LogP contribution in [0.5, 0.6) is 0 Å². The van der Waals surface area contributed by atoms with Gasteiger partial charge in [0.15, 0.2) is 0 Å². The molecule has 3 heteroatoms. The number of hydrogen-bond donors (Lipinski definition) is 2. The van der Waals surface area contributed by atoms with E-state index in [0.29, 0.717) is 6.54 Å². The molecule has 1 aliphatic carbocycles. The molecule has 0 aromatic heterocycles. The van der Waals surface area contributed by atoms with Gasteiger partial charge in [0.2, 0.25) is 0 Å². The highest BCUT2D eigenvalue weighted by Gasteiger charge is 2.63. The first kappa shape index (κ1) is 6.58. The lowest BCUT2D eigenvalue weighted by molar-refractivity contribution is -0.0120. The van der Waals surface area contributed by atoms with Crippen molar-refractivity contribution in [3.8, 4) is 0 Å². The smallest absolute Gasteiger partial charge is 0.0845 e. The first-order chi connectivity index (χ1) is 4.60. The summed E-state index contributed by atoms with van der Waals surface area (Å²) in [7, 11) is 0. The van der Waals surface area contributed by atoms with Crippen molar-refractivity contribution in [3.05, 3.63) is 0 Å². The van der Waals surface area contributed by atoms with E-state index in [0.717, 1.165) is 12.8 Å². The largest absolute Gasteiger partial charge is 0.369 e. The molecule has 2 bridgehead atoms. The molecule has 0 spiro atoms. The van der Waals surface area contributed by atoms with E-state index >= 15 is 0 Å². The first-order valence-electron chi connectivity index (χ1n) is 3.77. The molecular formula is C7H14N2O. The van der Waals surface area contributed by atoms with Crippen LogP contribution in [0.4, 0.5) is 0 Å². The Morgan fingerprint density at radius 3 is 2.40 bits per heavy atom. The Morgan fingerprint density at radius 2 is 2.20 bits per heavy atom. The highest BCUT2D eigenvalue weighted by molar-refractivity contribution is 5.19. The van der Waals surface area contributed by atoms with E-state index in [2.05, 4.69) is 0 Å². The minimum atomic E-state index is -0.0423. The highest BCUT2D eigenvalue weighted by atomic mass is 16.5. The zero-order valence-electron chi connectivity index (χ0n) is 6.26. The van der Waals surface area contributed by atoms with Gasteiger partial charge in [-0.25, -0.2) is 0 Å². The molecule has 2 saturated heterocycles. The fourth-order valence-corrected chi connectivity index (χ4v) is 2.20. The van der Waals surface area contributed by atoms with Crippen LogP contribution in [0.25, 0.3) is 0 Å². The molecule has 58 valence electrons. The Kier molecular flexibility index (Phi) is 1.02. The Balaban J connectivity index is 2.17.